The van der Waals surface area contributed by atoms with Crippen LogP contribution in [-0.2, 0) is 0 Å². The molecule has 0 saturated heterocycles. The minimum absolute atomic E-state index is 0.000576. The molecule has 0 spiro atoms. The van der Waals surface area contributed by atoms with Crippen molar-refractivity contribution >= 4 is 11.7 Å². The van der Waals surface area contributed by atoms with E-state index < -0.39 is 10.9 Å². The van der Waals surface area contributed by atoms with Crippen LogP contribution < -0.4 is 4.74 Å². The number of carbonyl (C=O) groups is 1. The van der Waals surface area contributed by atoms with E-state index in [1.54, 1.807) is 0 Å². The van der Waals surface area contributed by atoms with Crippen LogP contribution in [0.3, 0.4) is 0 Å². The molecular weight excluding hydrogens is 238 g/mol. The summed E-state index contributed by atoms with van der Waals surface area (Å²) in [6, 6.07) is 3.71. The Hall–Kier alpha value is -2.11. The van der Waals surface area contributed by atoms with E-state index in [1.807, 2.05) is 0 Å². The zero-order valence-corrected chi connectivity index (χ0v) is 9.67. The maximum absolute atomic E-state index is 10.9. The zero-order valence-electron chi connectivity index (χ0n) is 9.67. The smallest absolute Gasteiger partial charge is 0.335 e. The molecule has 1 N–H and O–H groups in total. The number of ether oxygens (including phenoxy) is 1. The summed E-state index contributed by atoms with van der Waals surface area (Å²) in [6.07, 6.45) is 3.90. The van der Waals surface area contributed by atoms with E-state index in [-0.39, 0.29) is 23.1 Å². The Morgan fingerprint density at radius 1 is 1.39 bits per heavy atom. The summed E-state index contributed by atoms with van der Waals surface area (Å²) in [6.45, 7) is 0. The summed E-state index contributed by atoms with van der Waals surface area (Å²) in [5.41, 5.74) is -0.401. The Morgan fingerprint density at radius 3 is 2.61 bits per heavy atom. The number of aromatic carboxylic acids is 1. The SMILES string of the molecule is O=C(O)c1ccc(OC2CCCC2)c([N+](=O)[O-])c1. The molecule has 0 unspecified atom stereocenters. The molecule has 2 rings (SSSR count). The lowest BCUT2D eigenvalue weighted by molar-refractivity contribution is -0.386. The van der Waals surface area contributed by atoms with Crippen molar-refractivity contribution in [3.8, 4) is 5.75 Å². The molecule has 1 fully saturated rings. The highest BCUT2D eigenvalue weighted by molar-refractivity contribution is 5.88. The Labute approximate surface area is 103 Å². The van der Waals surface area contributed by atoms with Gasteiger partial charge in [-0.25, -0.2) is 4.79 Å². The predicted molar refractivity (Wildman–Crippen MR) is 62.9 cm³/mol. The van der Waals surface area contributed by atoms with E-state index >= 15 is 0 Å². The monoisotopic (exact) mass is 251 g/mol. The molecule has 0 radical (unpaired) electrons. The second-order valence-corrected chi connectivity index (χ2v) is 4.27. The van der Waals surface area contributed by atoms with Crippen molar-refractivity contribution < 1.29 is 19.6 Å². The van der Waals surface area contributed by atoms with Gasteiger partial charge in [0.2, 0.25) is 0 Å². The van der Waals surface area contributed by atoms with Gasteiger partial charge in [0.15, 0.2) is 5.75 Å². The van der Waals surface area contributed by atoms with Gasteiger partial charge in [0.25, 0.3) is 0 Å². The Morgan fingerprint density at radius 2 is 2.06 bits per heavy atom. The third kappa shape index (κ3) is 2.58. The molecule has 96 valence electrons. The number of nitro benzene ring substituents is 1. The van der Waals surface area contributed by atoms with Gasteiger partial charge in [-0.1, -0.05) is 0 Å². The third-order valence-corrected chi connectivity index (χ3v) is 3.00. The standard InChI is InChI=1S/C12H13NO5/c14-12(15)8-5-6-11(10(7-8)13(16)17)18-9-3-1-2-4-9/h5-7,9H,1-4H2,(H,14,15). The molecule has 6 nitrogen and oxygen atoms in total. The third-order valence-electron chi connectivity index (χ3n) is 3.00. The van der Waals surface area contributed by atoms with Gasteiger partial charge in [0, 0.05) is 6.07 Å². The van der Waals surface area contributed by atoms with E-state index in [9.17, 15) is 14.9 Å². The van der Waals surface area contributed by atoms with Crippen molar-refractivity contribution in [3.05, 3.63) is 33.9 Å². The van der Waals surface area contributed by atoms with Crippen molar-refractivity contribution in [2.45, 2.75) is 31.8 Å². The van der Waals surface area contributed by atoms with Gasteiger partial charge >= 0.3 is 11.7 Å². The number of carboxylic acid groups (broad SMARTS) is 1. The molecule has 1 aromatic carbocycles. The van der Waals surface area contributed by atoms with Gasteiger partial charge in [-0.05, 0) is 37.8 Å². The Balaban J connectivity index is 2.28. The first kappa shape index (κ1) is 12.3. The van der Waals surface area contributed by atoms with Gasteiger partial charge in [0.05, 0.1) is 16.6 Å². The van der Waals surface area contributed by atoms with Gasteiger partial charge in [-0.3, -0.25) is 10.1 Å². The molecule has 1 aromatic rings. The van der Waals surface area contributed by atoms with Crippen LogP contribution in [-0.4, -0.2) is 22.1 Å². The molecule has 0 aliphatic heterocycles. The number of benzene rings is 1. The van der Waals surface area contributed by atoms with Crippen LogP contribution in [0, 0.1) is 10.1 Å². The van der Waals surface area contributed by atoms with E-state index in [2.05, 4.69) is 0 Å². The van der Waals surface area contributed by atoms with Crippen molar-refractivity contribution in [3.63, 3.8) is 0 Å². The second-order valence-electron chi connectivity index (χ2n) is 4.27. The first-order valence-corrected chi connectivity index (χ1v) is 5.76. The van der Waals surface area contributed by atoms with Crippen LogP contribution in [0.1, 0.15) is 36.0 Å². The van der Waals surface area contributed by atoms with Crippen molar-refractivity contribution in [2.75, 3.05) is 0 Å². The minimum atomic E-state index is -1.19. The molecule has 0 aromatic heterocycles. The number of carboxylic acids is 1. The number of rotatable bonds is 4. The van der Waals surface area contributed by atoms with Gasteiger partial charge < -0.3 is 9.84 Å². The quantitative estimate of drug-likeness (QED) is 0.656. The minimum Gasteiger partial charge on any atom is -0.484 e. The summed E-state index contributed by atoms with van der Waals surface area (Å²) in [7, 11) is 0. The summed E-state index contributed by atoms with van der Waals surface area (Å²) in [4.78, 5) is 21.1. The first-order valence-electron chi connectivity index (χ1n) is 5.76. The maximum Gasteiger partial charge on any atom is 0.335 e. The zero-order chi connectivity index (χ0) is 13.1. The highest BCUT2D eigenvalue weighted by Crippen LogP contribution is 2.32. The number of hydrogen-bond acceptors (Lipinski definition) is 4. The molecule has 1 aliphatic carbocycles. The highest BCUT2D eigenvalue weighted by Gasteiger charge is 2.23. The molecule has 0 bridgehead atoms. The fourth-order valence-electron chi connectivity index (χ4n) is 2.08. The average Bonchev–Trinajstić information content (AvgIpc) is 2.81. The van der Waals surface area contributed by atoms with Crippen molar-refractivity contribution in [1.29, 1.82) is 0 Å². The molecular formula is C12H13NO5. The average molecular weight is 251 g/mol. The summed E-state index contributed by atoms with van der Waals surface area (Å²) in [5.74, 6) is -1.04. The van der Waals surface area contributed by atoms with Crippen molar-refractivity contribution in [2.24, 2.45) is 0 Å². The lowest BCUT2D eigenvalue weighted by Crippen LogP contribution is -2.12. The number of nitrogens with zero attached hydrogens (tertiary/aromatic N) is 1. The van der Waals surface area contributed by atoms with Crippen molar-refractivity contribution in [1.82, 2.24) is 0 Å². The van der Waals surface area contributed by atoms with Gasteiger partial charge in [-0.2, -0.15) is 0 Å². The molecule has 18 heavy (non-hydrogen) atoms. The van der Waals surface area contributed by atoms with E-state index in [0.717, 1.165) is 31.7 Å². The lowest BCUT2D eigenvalue weighted by Gasteiger charge is -2.13. The van der Waals surface area contributed by atoms with E-state index in [0.29, 0.717) is 0 Å². The topological polar surface area (TPSA) is 89.7 Å². The molecule has 0 amide bonds. The number of hydrogen-bond donors (Lipinski definition) is 1. The summed E-state index contributed by atoms with van der Waals surface area (Å²) >= 11 is 0. The Bertz CT molecular complexity index is 479. The predicted octanol–water partition coefficient (Wildman–Crippen LogP) is 2.61. The molecule has 1 saturated carbocycles. The molecule has 6 heteroatoms. The molecule has 0 atom stereocenters. The number of nitro groups is 1. The largest absolute Gasteiger partial charge is 0.484 e. The van der Waals surface area contributed by atoms with Crippen LogP contribution in [0.2, 0.25) is 0 Å². The van der Waals surface area contributed by atoms with Gasteiger partial charge in [-0.15, -0.1) is 0 Å². The normalized spacial score (nSPS) is 15.6. The second kappa shape index (κ2) is 5.03. The fraction of sp³-hybridized carbons (Fsp3) is 0.417. The van der Waals surface area contributed by atoms with Gasteiger partial charge in [0.1, 0.15) is 0 Å². The van der Waals surface area contributed by atoms with Crippen LogP contribution in [0.15, 0.2) is 18.2 Å². The molecule has 0 heterocycles. The fourth-order valence-corrected chi connectivity index (χ4v) is 2.08. The van der Waals surface area contributed by atoms with Crippen LogP contribution >= 0.6 is 0 Å². The van der Waals surface area contributed by atoms with Crippen LogP contribution in [0.4, 0.5) is 5.69 Å². The Kier molecular flexibility index (Phi) is 3.45. The summed E-state index contributed by atoms with van der Waals surface area (Å²) < 4.78 is 5.57. The lowest BCUT2D eigenvalue weighted by atomic mass is 10.2. The maximum atomic E-state index is 10.9. The molecule has 1 aliphatic rings. The highest BCUT2D eigenvalue weighted by atomic mass is 16.6. The first-order chi connectivity index (χ1) is 8.58. The van der Waals surface area contributed by atoms with Crippen LogP contribution in [0.5, 0.6) is 5.75 Å². The van der Waals surface area contributed by atoms with Crippen LogP contribution in [0.25, 0.3) is 0 Å². The van der Waals surface area contributed by atoms with E-state index in [4.69, 9.17) is 9.84 Å². The van der Waals surface area contributed by atoms with E-state index in [1.165, 1.54) is 12.1 Å². The summed E-state index contributed by atoms with van der Waals surface area (Å²) in [5, 5.41) is 19.7.